The summed E-state index contributed by atoms with van der Waals surface area (Å²) in [6.07, 6.45) is 0.819. The van der Waals surface area contributed by atoms with E-state index in [1.807, 2.05) is 12.1 Å². The van der Waals surface area contributed by atoms with Gasteiger partial charge in [-0.2, -0.15) is 0 Å². The molecule has 1 aromatic heterocycles. The van der Waals surface area contributed by atoms with E-state index in [0.717, 1.165) is 31.0 Å². The van der Waals surface area contributed by atoms with E-state index in [9.17, 15) is 5.11 Å². The van der Waals surface area contributed by atoms with Crippen LogP contribution in [0, 0.1) is 6.92 Å². The van der Waals surface area contributed by atoms with Crippen LogP contribution >= 0.6 is 35.3 Å². The van der Waals surface area contributed by atoms with Gasteiger partial charge in [-0.15, -0.1) is 35.3 Å². The number of guanidine groups is 1. The van der Waals surface area contributed by atoms with Crippen molar-refractivity contribution in [1.29, 1.82) is 0 Å². The number of hydrogen-bond acceptors (Lipinski definition) is 4. The molecule has 2 rings (SSSR count). The summed E-state index contributed by atoms with van der Waals surface area (Å²) < 4.78 is 5.14. The minimum absolute atomic E-state index is 0. The summed E-state index contributed by atoms with van der Waals surface area (Å²) in [6.45, 7) is 6.43. The first-order valence-electron chi connectivity index (χ1n) is 8.05. The SMILES string of the molecule is CCNC(=NCc1sccc1C)NCCc1ccc(O)c(OC)c1.I. The maximum atomic E-state index is 9.63. The molecule has 0 fully saturated rings. The first-order chi connectivity index (χ1) is 11.6. The Hall–Kier alpha value is -1.48. The summed E-state index contributed by atoms with van der Waals surface area (Å²) in [7, 11) is 1.56. The van der Waals surface area contributed by atoms with Crippen LogP contribution in [-0.4, -0.2) is 31.3 Å². The lowest BCUT2D eigenvalue weighted by Gasteiger charge is -2.12. The fraction of sp³-hybridized carbons (Fsp3) is 0.389. The van der Waals surface area contributed by atoms with Crippen molar-refractivity contribution in [2.45, 2.75) is 26.8 Å². The highest BCUT2D eigenvalue weighted by atomic mass is 127. The smallest absolute Gasteiger partial charge is 0.191 e. The van der Waals surface area contributed by atoms with Gasteiger partial charge in [0.1, 0.15) is 0 Å². The van der Waals surface area contributed by atoms with Crippen molar-refractivity contribution in [2.75, 3.05) is 20.2 Å². The molecule has 3 N–H and O–H groups in total. The summed E-state index contributed by atoms with van der Waals surface area (Å²) >= 11 is 1.74. The molecule has 1 aromatic carbocycles. The van der Waals surface area contributed by atoms with Crippen molar-refractivity contribution < 1.29 is 9.84 Å². The number of hydrogen-bond donors (Lipinski definition) is 3. The molecular weight excluding hydrogens is 449 g/mol. The molecule has 0 bridgehead atoms. The lowest BCUT2D eigenvalue weighted by Crippen LogP contribution is -2.38. The number of aryl methyl sites for hydroxylation is 1. The van der Waals surface area contributed by atoms with Crippen molar-refractivity contribution in [3.63, 3.8) is 0 Å². The number of phenols is 1. The number of nitrogens with one attached hydrogen (secondary N) is 2. The van der Waals surface area contributed by atoms with Crippen LogP contribution in [0.15, 0.2) is 34.6 Å². The fourth-order valence-corrected chi connectivity index (χ4v) is 3.09. The summed E-state index contributed by atoms with van der Waals surface area (Å²) in [6, 6.07) is 7.54. The second-order valence-electron chi connectivity index (χ2n) is 5.40. The highest BCUT2D eigenvalue weighted by molar-refractivity contribution is 14.0. The van der Waals surface area contributed by atoms with Crippen LogP contribution < -0.4 is 15.4 Å². The van der Waals surface area contributed by atoms with Gasteiger partial charge in [0.25, 0.3) is 0 Å². The molecule has 0 aliphatic heterocycles. The zero-order valence-corrected chi connectivity index (χ0v) is 18.0. The van der Waals surface area contributed by atoms with Gasteiger partial charge in [-0.05, 0) is 55.0 Å². The van der Waals surface area contributed by atoms with Crippen LogP contribution in [0.2, 0.25) is 0 Å². The average molecular weight is 475 g/mol. The molecule has 138 valence electrons. The number of benzene rings is 1. The first-order valence-corrected chi connectivity index (χ1v) is 8.93. The number of ether oxygens (including phenoxy) is 1. The van der Waals surface area contributed by atoms with Gasteiger partial charge in [-0.25, -0.2) is 4.99 Å². The third-order valence-corrected chi connectivity index (χ3v) is 4.65. The standard InChI is InChI=1S/C18H25N3O2S.HI/c1-4-19-18(21-12-17-13(2)8-10-24-17)20-9-7-14-5-6-15(22)16(11-14)23-3;/h5-6,8,10-11,22H,4,7,9,12H2,1-3H3,(H2,19,20,21);1H. The van der Waals surface area contributed by atoms with Crippen LogP contribution in [0.4, 0.5) is 0 Å². The number of halogens is 1. The third-order valence-electron chi connectivity index (χ3n) is 3.64. The van der Waals surface area contributed by atoms with E-state index in [1.165, 1.54) is 10.4 Å². The molecule has 0 aliphatic carbocycles. The molecule has 1 heterocycles. The van der Waals surface area contributed by atoms with Crippen LogP contribution in [0.3, 0.4) is 0 Å². The van der Waals surface area contributed by atoms with E-state index in [1.54, 1.807) is 24.5 Å². The molecule has 0 amide bonds. The Bertz CT molecular complexity index is 689. The Morgan fingerprint density at radius 2 is 2.08 bits per heavy atom. The summed E-state index contributed by atoms with van der Waals surface area (Å²) in [4.78, 5) is 5.92. The van der Waals surface area contributed by atoms with E-state index in [2.05, 4.69) is 40.9 Å². The second-order valence-corrected chi connectivity index (χ2v) is 6.41. The van der Waals surface area contributed by atoms with E-state index >= 15 is 0 Å². The quantitative estimate of drug-likeness (QED) is 0.325. The maximum absolute atomic E-state index is 9.63. The zero-order valence-electron chi connectivity index (χ0n) is 14.8. The van der Waals surface area contributed by atoms with Crippen LogP contribution in [0.1, 0.15) is 22.9 Å². The minimum atomic E-state index is 0. The Kier molecular flexibility index (Phi) is 9.66. The van der Waals surface area contributed by atoms with Gasteiger partial charge in [0.2, 0.25) is 0 Å². The topological polar surface area (TPSA) is 65.9 Å². The molecule has 7 heteroatoms. The predicted molar refractivity (Wildman–Crippen MR) is 116 cm³/mol. The Morgan fingerprint density at radius 3 is 2.72 bits per heavy atom. The number of methoxy groups -OCH3 is 1. The molecule has 2 aromatic rings. The van der Waals surface area contributed by atoms with Gasteiger partial charge >= 0.3 is 0 Å². The lowest BCUT2D eigenvalue weighted by atomic mass is 10.1. The molecule has 25 heavy (non-hydrogen) atoms. The Morgan fingerprint density at radius 1 is 1.28 bits per heavy atom. The first kappa shape index (κ1) is 21.6. The number of rotatable bonds is 7. The van der Waals surface area contributed by atoms with Gasteiger partial charge < -0.3 is 20.5 Å². The number of aromatic hydroxyl groups is 1. The summed E-state index contributed by atoms with van der Waals surface area (Å²) in [5.41, 5.74) is 2.39. The predicted octanol–water partition coefficient (Wildman–Crippen LogP) is 3.69. The monoisotopic (exact) mass is 475 g/mol. The molecule has 0 saturated heterocycles. The van der Waals surface area contributed by atoms with E-state index in [-0.39, 0.29) is 29.7 Å². The Balaban J connectivity index is 0.00000312. The summed E-state index contributed by atoms with van der Waals surface area (Å²) in [5.74, 6) is 1.48. The lowest BCUT2D eigenvalue weighted by molar-refractivity contribution is 0.373. The van der Waals surface area contributed by atoms with Crippen molar-refractivity contribution in [3.05, 3.63) is 45.6 Å². The Labute approximate surface area is 170 Å². The minimum Gasteiger partial charge on any atom is -0.504 e. The van der Waals surface area contributed by atoms with Crippen LogP contribution in [0.25, 0.3) is 0 Å². The number of nitrogens with zero attached hydrogens (tertiary/aromatic N) is 1. The number of thiophene rings is 1. The largest absolute Gasteiger partial charge is 0.504 e. The van der Waals surface area contributed by atoms with Crippen molar-refractivity contribution in [3.8, 4) is 11.5 Å². The molecule has 0 radical (unpaired) electrons. The average Bonchev–Trinajstić information content (AvgIpc) is 2.99. The normalized spacial score (nSPS) is 10.9. The molecule has 0 unspecified atom stereocenters. The third kappa shape index (κ3) is 6.74. The second kappa shape index (κ2) is 11.2. The molecule has 0 saturated carbocycles. The van der Waals surface area contributed by atoms with Gasteiger partial charge in [-0.1, -0.05) is 6.07 Å². The van der Waals surface area contributed by atoms with Gasteiger partial charge in [0.15, 0.2) is 17.5 Å². The summed E-state index contributed by atoms with van der Waals surface area (Å²) in [5, 5.41) is 18.3. The van der Waals surface area contributed by atoms with Crippen LogP contribution in [-0.2, 0) is 13.0 Å². The van der Waals surface area contributed by atoms with Gasteiger partial charge in [0.05, 0.1) is 13.7 Å². The van der Waals surface area contributed by atoms with Gasteiger partial charge in [0, 0.05) is 18.0 Å². The van der Waals surface area contributed by atoms with Gasteiger partial charge in [-0.3, -0.25) is 0 Å². The fourth-order valence-electron chi connectivity index (χ4n) is 2.26. The van der Waals surface area contributed by atoms with E-state index in [0.29, 0.717) is 12.3 Å². The molecular formula is C18H26IN3O2S. The van der Waals surface area contributed by atoms with Crippen molar-refractivity contribution in [1.82, 2.24) is 10.6 Å². The number of aliphatic imine (C=N–C) groups is 1. The van der Waals surface area contributed by atoms with Crippen molar-refractivity contribution in [2.24, 2.45) is 4.99 Å². The van der Waals surface area contributed by atoms with Crippen LogP contribution in [0.5, 0.6) is 11.5 Å². The van der Waals surface area contributed by atoms with Crippen molar-refractivity contribution >= 4 is 41.3 Å². The number of phenolic OH excluding ortho intramolecular Hbond substituents is 1. The highest BCUT2D eigenvalue weighted by Crippen LogP contribution is 2.26. The molecule has 0 spiro atoms. The maximum Gasteiger partial charge on any atom is 0.191 e. The highest BCUT2D eigenvalue weighted by Gasteiger charge is 2.04. The molecule has 5 nitrogen and oxygen atoms in total. The van der Waals surface area contributed by atoms with E-state index in [4.69, 9.17) is 4.74 Å². The van der Waals surface area contributed by atoms with E-state index < -0.39 is 0 Å². The molecule has 0 atom stereocenters. The molecule has 0 aliphatic rings. The zero-order chi connectivity index (χ0) is 17.4.